The van der Waals surface area contributed by atoms with Crippen molar-refractivity contribution in [1.29, 1.82) is 0 Å². The Morgan fingerprint density at radius 2 is 2.06 bits per heavy atom. The number of rotatable bonds is 2. The summed E-state index contributed by atoms with van der Waals surface area (Å²) in [6.45, 7) is 4.59. The summed E-state index contributed by atoms with van der Waals surface area (Å²) in [5.41, 5.74) is 2.17. The van der Waals surface area contributed by atoms with Crippen molar-refractivity contribution in [2.45, 2.75) is 6.54 Å². The van der Waals surface area contributed by atoms with Gasteiger partial charge in [0.1, 0.15) is 0 Å². The molecule has 0 spiro atoms. The second-order valence-electron chi connectivity index (χ2n) is 4.34. The van der Waals surface area contributed by atoms with Crippen LogP contribution in [0.25, 0.3) is 10.9 Å². The van der Waals surface area contributed by atoms with Gasteiger partial charge in [-0.15, -0.1) is 0 Å². The molecule has 1 aromatic heterocycles. The number of aromatic nitrogens is 1. The van der Waals surface area contributed by atoms with E-state index in [1.807, 2.05) is 18.2 Å². The molecule has 0 N–H and O–H groups in total. The number of nitrogens with zero attached hydrogens (tertiary/aromatic N) is 2. The van der Waals surface area contributed by atoms with Gasteiger partial charge in [-0.25, -0.2) is 4.98 Å². The van der Waals surface area contributed by atoms with E-state index in [-0.39, 0.29) is 0 Å². The first kappa shape index (κ1) is 10.7. The van der Waals surface area contributed by atoms with Crippen LogP contribution >= 0.6 is 0 Å². The Hall–Kier alpha value is -1.45. The molecule has 3 nitrogen and oxygen atoms in total. The zero-order valence-corrected chi connectivity index (χ0v) is 9.72. The van der Waals surface area contributed by atoms with Crippen molar-refractivity contribution in [3.8, 4) is 0 Å². The average Bonchev–Trinajstić information content (AvgIpc) is 2.40. The number of ether oxygens (including phenoxy) is 1. The number of benzene rings is 1. The van der Waals surface area contributed by atoms with Gasteiger partial charge in [-0.05, 0) is 17.7 Å². The van der Waals surface area contributed by atoms with Gasteiger partial charge < -0.3 is 4.74 Å². The van der Waals surface area contributed by atoms with E-state index < -0.39 is 0 Å². The van der Waals surface area contributed by atoms with Gasteiger partial charge in [0.15, 0.2) is 0 Å². The van der Waals surface area contributed by atoms with Crippen LogP contribution in [0, 0.1) is 6.20 Å². The van der Waals surface area contributed by atoms with Crippen LogP contribution in [-0.4, -0.2) is 36.2 Å². The van der Waals surface area contributed by atoms with Crippen molar-refractivity contribution >= 4 is 10.9 Å². The normalized spacial score (nSPS) is 17.4. The number of fused-ring (bicyclic) bond motifs is 1. The zero-order chi connectivity index (χ0) is 11.5. The second kappa shape index (κ2) is 4.82. The summed E-state index contributed by atoms with van der Waals surface area (Å²) in [4.78, 5) is 6.74. The summed E-state index contributed by atoms with van der Waals surface area (Å²) in [5.74, 6) is 0. The molecule has 1 radical (unpaired) electrons. The minimum Gasteiger partial charge on any atom is -0.379 e. The highest BCUT2D eigenvalue weighted by Crippen LogP contribution is 2.14. The zero-order valence-electron chi connectivity index (χ0n) is 9.72. The lowest BCUT2D eigenvalue weighted by Crippen LogP contribution is -2.35. The van der Waals surface area contributed by atoms with Gasteiger partial charge in [0.05, 0.1) is 24.9 Å². The fourth-order valence-corrected chi connectivity index (χ4v) is 2.14. The van der Waals surface area contributed by atoms with E-state index in [9.17, 15) is 0 Å². The molecule has 0 saturated carbocycles. The Labute approximate surface area is 101 Å². The van der Waals surface area contributed by atoms with Crippen molar-refractivity contribution in [3.05, 3.63) is 42.1 Å². The number of hydrogen-bond donors (Lipinski definition) is 0. The van der Waals surface area contributed by atoms with Crippen LogP contribution in [0.1, 0.15) is 5.56 Å². The van der Waals surface area contributed by atoms with Crippen molar-refractivity contribution in [1.82, 2.24) is 9.88 Å². The Bertz CT molecular complexity index is 506. The van der Waals surface area contributed by atoms with Gasteiger partial charge in [0.25, 0.3) is 0 Å². The second-order valence-corrected chi connectivity index (χ2v) is 4.34. The van der Waals surface area contributed by atoms with E-state index >= 15 is 0 Å². The van der Waals surface area contributed by atoms with Crippen LogP contribution in [0.2, 0.25) is 0 Å². The smallest absolute Gasteiger partial charge is 0.0942 e. The molecule has 0 aliphatic carbocycles. The van der Waals surface area contributed by atoms with E-state index in [1.165, 1.54) is 5.39 Å². The molecule has 1 aromatic carbocycles. The molecule has 1 aliphatic rings. The van der Waals surface area contributed by atoms with E-state index in [1.54, 1.807) is 0 Å². The highest BCUT2D eigenvalue weighted by molar-refractivity contribution is 5.78. The molecule has 0 amide bonds. The minimum atomic E-state index is 0.834. The first-order valence-electron chi connectivity index (χ1n) is 5.98. The molecule has 17 heavy (non-hydrogen) atoms. The molecule has 0 unspecified atom stereocenters. The molecule has 2 aromatic rings. The first-order valence-corrected chi connectivity index (χ1v) is 5.98. The minimum absolute atomic E-state index is 0.834. The monoisotopic (exact) mass is 227 g/mol. The van der Waals surface area contributed by atoms with Crippen LogP contribution in [0.4, 0.5) is 0 Å². The largest absolute Gasteiger partial charge is 0.379 e. The Balaban J connectivity index is 1.80. The lowest BCUT2D eigenvalue weighted by molar-refractivity contribution is 0.0341. The van der Waals surface area contributed by atoms with Gasteiger partial charge in [-0.2, -0.15) is 0 Å². The van der Waals surface area contributed by atoms with Crippen molar-refractivity contribution in [2.75, 3.05) is 26.3 Å². The van der Waals surface area contributed by atoms with Gasteiger partial charge in [-0.1, -0.05) is 18.2 Å². The highest BCUT2D eigenvalue weighted by Gasteiger charge is 2.11. The standard InChI is InChI=1S/C14H15N2O/c1-2-4-14-13(3-1)9-12(10-15-14)11-16-5-7-17-8-6-16/h1-4,9H,5-8,11H2. The van der Waals surface area contributed by atoms with Gasteiger partial charge in [0, 0.05) is 25.0 Å². The van der Waals surface area contributed by atoms with Gasteiger partial charge in [0.2, 0.25) is 0 Å². The number of hydrogen-bond acceptors (Lipinski definition) is 3. The molecule has 87 valence electrons. The van der Waals surface area contributed by atoms with Gasteiger partial charge >= 0.3 is 0 Å². The number of para-hydroxylation sites is 1. The summed E-state index contributed by atoms with van der Waals surface area (Å²) in [5, 5.41) is 1.19. The molecular weight excluding hydrogens is 212 g/mol. The highest BCUT2D eigenvalue weighted by atomic mass is 16.5. The molecule has 3 rings (SSSR count). The molecule has 2 heterocycles. The lowest BCUT2D eigenvalue weighted by Gasteiger charge is -2.26. The van der Waals surface area contributed by atoms with Crippen LogP contribution in [-0.2, 0) is 11.3 Å². The van der Waals surface area contributed by atoms with Crippen LogP contribution in [0.5, 0.6) is 0 Å². The number of morpholine rings is 1. The summed E-state index contributed by atoms with van der Waals surface area (Å²) in [6, 6.07) is 10.3. The van der Waals surface area contributed by atoms with E-state index in [4.69, 9.17) is 4.74 Å². The van der Waals surface area contributed by atoms with Crippen LogP contribution < -0.4 is 0 Å². The molecule has 1 aliphatic heterocycles. The SMILES string of the molecule is [c]1nc2ccccc2cc1CN1CCOCC1. The van der Waals surface area contributed by atoms with Crippen LogP contribution in [0.15, 0.2) is 30.3 Å². The quantitative estimate of drug-likeness (QED) is 0.783. The summed E-state index contributed by atoms with van der Waals surface area (Å²) < 4.78 is 5.34. The van der Waals surface area contributed by atoms with Crippen LogP contribution in [0.3, 0.4) is 0 Å². The summed E-state index contributed by atoms with van der Waals surface area (Å²) in [6.07, 6.45) is 3.13. The number of pyridine rings is 1. The van der Waals surface area contributed by atoms with Crippen molar-refractivity contribution < 1.29 is 4.74 Å². The maximum absolute atomic E-state index is 5.34. The van der Waals surface area contributed by atoms with E-state index in [2.05, 4.69) is 28.2 Å². The molecule has 0 atom stereocenters. The Morgan fingerprint density at radius 1 is 1.24 bits per heavy atom. The third kappa shape index (κ3) is 2.46. The molecule has 1 fully saturated rings. The summed E-state index contributed by atoms with van der Waals surface area (Å²) >= 11 is 0. The summed E-state index contributed by atoms with van der Waals surface area (Å²) in [7, 11) is 0. The third-order valence-corrected chi connectivity index (χ3v) is 3.08. The Morgan fingerprint density at radius 3 is 2.94 bits per heavy atom. The molecular formula is C14H15N2O. The maximum Gasteiger partial charge on any atom is 0.0942 e. The predicted octanol–water partition coefficient (Wildman–Crippen LogP) is 1.87. The van der Waals surface area contributed by atoms with Crippen molar-refractivity contribution in [3.63, 3.8) is 0 Å². The van der Waals surface area contributed by atoms with Gasteiger partial charge in [-0.3, -0.25) is 4.90 Å². The molecule has 1 saturated heterocycles. The fraction of sp³-hybridized carbons (Fsp3) is 0.357. The third-order valence-electron chi connectivity index (χ3n) is 3.08. The first-order chi connectivity index (χ1) is 8.42. The van der Waals surface area contributed by atoms with E-state index in [0.29, 0.717) is 0 Å². The Kier molecular flexibility index (Phi) is 3.03. The average molecular weight is 227 g/mol. The topological polar surface area (TPSA) is 25.4 Å². The predicted molar refractivity (Wildman–Crippen MR) is 66.7 cm³/mol. The van der Waals surface area contributed by atoms with E-state index in [0.717, 1.165) is 43.9 Å². The lowest BCUT2D eigenvalue weighted by atomic mass is 10.1. The molecule has 0 bridgehead atoms. The molecule has 3 heteroatoms. The van der Waals surface area contributed by atoms with Crippen molar-refractivity contribution in [2.24, 2.45) is 0 Å². The maximum atomic E-state index is 5.34. The fourth-order valence-electron chi connectivity index (χ4n) is 2.14.